The highest BCUT2D eigenvalue weighted by Crippen LogP contribution is 2.36. The van der Waals surface area contributed by atoms with Crippen molar-refractivity contribution in [3.05, 3.63) is 33.8 Å². The molecular formula is C22H33BrN2O3. The molecule has 0 saturated heterocycles. The lowest BCUT2D eigenvalue weighted by atomic mass is 9.97. The molecule has 0 saturated carbocycles. The number of halogens is 1. The molecule has 0 aromatic heterocycles. The Morgan fingerprint density at radius 3 is 2.68 bits per heavy atom. The highest BCUT2D eigenvalue weighted by molar-refractivity contribution is 9.10. The van der Waals surface area contributed by atoms with Gasteiger partial charge in [-0.05, 0) is 71.6 Å². The number of benzene rings is 1. The summed E-state index contributed by atoms with van der Waals surface area (Å²) in [6, 6.07) is 3.79. The van der Waals surface area contributed by atoms with Crippen LogP contribution in [0.4, 0.5) is 0 Å². The van der Waals surface area contributed by atoms with Gasteiger partial charge in [0.05, 0.1) is 7.11 Å². The second kappa shape index (κ2) is 10.9. The van der Waals surface area contributed by atoms with E-state index >= 15 is 0 Å². The molecule has 2 N–H and O–H groups in total. The third kappa shape index (κ3) is 7.47. The monoisotopic (exact) mass is 452 g/mol. The van der Waals surface area contributed by atoms with Crippen LogP contribution < -0.4 is 20.1 Å². The first-order valence-corrected chi connectivity index (χ1v) is 10.8. The number of carbonyl (C=O) groups excluding carboxylic acids is 1. The topological polar surface area (TPSA) is 59.6 Å². The average molecular weight is 453 g/mol. The lowest BCUT2D eigenvalue weighted by Gasteiger charge is -2.22. The summed E-state index contributed by atoms with van der Waals surface area (Å²) in [5.41, 5.74) is 2.22. The molecule has 1 aliphatic rings. The lowest BCUT2D eigenvalue weighted by Crippen LogP contribution is -2.43. The Labute approximate surface area is 177 Å². The molecule has 0 spiro atoms. The van der Waals surface area contributed by atoms with Crippen LogP contribution in [0.15, 0.2) is 28.3 Å². The van der Waals surface area contributed by atoms with Gasteiger partial charge < -0.3 is 20.1 Å². The predicted octanol–water partition coefficient (Wildman–Crippen LogP) is 4.73. The molecule has 0 heterocycles. The summed E-state index contributed by atoms with van der Waals surface area (Å²) >= 11 is 3.61. The summed E-state index contributed by atoms with van der Waals surface area (Å²) < 4.78 is 12.3. The van der Waals surface area contributed by atoms with Crippen molar-refractivity contribution in [2.75, 3.05) is 20.3 Å². The molecule has 1 aromatic carbocycles. The van der Waals surface area contributed by atoms with Crippen LogP contribution in [0.1, 0.15) is 58.4 Å². The Morgan fingerprint density at radius 1 is 1.25 bits per heavy atom. The van der Waals surface area contributed by atoms with Gasteiger partial charge in [-0.2, -0.15) is 0 Å². The molecule has 5 nitrogen and oxygen atoms in total. The minimum Gasteiger partial charge on any atom is -0.493 e. The number of hydrogen-bond donors (Lipinski definition) is 2. The number of rotatable bonds is 9. The number of carbonyl (C=O) groups is 1. The summed E-state index contributed by atoms with van der Waals surface area (Å²) in [5.74, 6) is 1.07. The van der Waals surface area contributed by atoms with Crippen LogP contribution in [0.3, 0.4) is 0 Å². The first-order valence-electron chi connectivity index (χ1n) is 9.98. The normalized spacial score (nSPS) is 14.4. The number of hydrogen-bond acceptors (Lipinski definition) is 4. The van der Waals surface area contributed by atoms with E-state index in [2.05, 4.69) is 32.6 Å². The summed E-state index contributed by atoms with van der Waals surface area (Å²) in [7, 11) is 1.61. The second-order valence-electron chi connectivity index (χ2n) is 8.18. The zero-order valence-corrected chi connectivity index (χ0v) is 19.1. The fraction of sp³-hybridized carbons (Fsp3) is 0.591. The van der Waals surface area contributed by atoms with Gasteiger partial charge in [-0.3, -0.25) is 4.79 Å². The molecule has 1 aliphatic carbocycles. The van der Waals surface area contributed by atoms with Crippen LogP contribution in [-0.4, -0.2) is 31.7 Å². The molecule has 0 bridgehead atoms. The van der Waals surface area contributed by atoms with Crippen molar-refractivity contribution in [2.24, 2.45) is 0 Å². The highest BCUT2D eigenvalue weighted by Gasteiger charge is 2.18. The van der Waals surface area contributed by atoms with Gasteiger partial charge in [0.15, 0.2) is 18.1 Å². The van der Waals surface area contributed by atoms with Crippen molar-refractivity contribution < 1.29 is 14.3 Å². The molecule has 156 valence electrons. The van der Waals surface area contributed by atoms with E-state index in [0.29, 0.717) is 18.0 Å². The molecule has 0 atom stereocenters. The number of methoxy groups -OCH3 is 1. The summed E-state index contributed by atoms with van der Waals surface area (Å²) in [6.07, 6.45) is 8.52. The van der Waals surface area contributed by atoms with Crippen LogP contribution in [0.2, 0.25) is 0 Å². The van der Waals surface area contributed by atoms with Gasteiger partial charge in [-0.25, -0.2) is 0 Å². The molecule has 28 heavy (non-hydrogen) atoms. The van der Waals surface area contributed by atoms with Crippen molar-refractivity contribution >= 4 is 21.8 Å². The van der Waals surface area contributed by atoms with Crippen molar-refractivity contribution in [3.63, 3.8) is 0 Å². The summed E-state index contributed by atoms with van der Waals surface area (Å²) in [5, 5.41) is 6.41. The molecule has 2 rings (SSSR count). The fourth-order valence-corrected chi connectivity index (χ4v) is 3.70. The maximum absolute atomic E-state index is 12.2. The van der Waals surface area contributed by atoms with E-state index in [1.807, 2.05) is 32.9 Å². The molecular weight excluding hydrogens is 420 g/mol. The third-order valence-corrected chi connectivity index (χ3v) is 5.30. The van der Waals surface area contributed by atoms with Crippen LogP contribution >= 0.6 is 15.9 Å². The van der Waals surface area contributed by atoms with Crippen LogP contribution in [0.5, 0.6) is 11.5 Å². The largest absolute Gasteiger partial charge is 0.493 e. The van der Waals surface area contributed by atoms with E-state index in [1.54, 1.807) is 12.7 Å². The highest BCUT2D eigenvalue weighted by atomic mass is 79.9. The van der Waals surface area contributed by atoms with Gasteiger partial charge in [0, 0.05) is 22.1 Å². The Bertz CT molecular complexity index is 696. The smallest absolute Gasteiger partial charge is 0.258 e. The van der Waals surface area contributed by atoms with Gasteiger partial charge in [0.25, 0.3) is 5.91 Å². The predicted molar refractivity (Wildman–Crippen MR) is 117 cm³/mol. The van der Waals surface area contributed by atoms with Gasteiger partial charge in [-0.1, -0.05) is 27.6 Å². The molecule has 0 unspecified atom stereocenters. The Balaban J connectivity index is 1.99. The van der Waals surface area contributed by atoms with Crippen molar-refractivity contribution in [3.8, 4) is 11.5 Å². The van der Waals surface area contributed by atoms with Crippen molar-refractivity contribution in [1.82, 2.24) is 10.6 Å². The van der Waals surface area contributed by atoms with Gasteiger partial charge in [0.2, 0.25) is 0 Å². The van der Waals surface area contributed by atoms with Crippen LogP contribution in [0, 0.1) is 0 Å². The molecule has 1 aromatic rings. The Hall–Kier alpha value is -1.53. The van der Waals surface area contributed by atoms with Crippen LogP contribution in [0.25, 0.3) is 0 Å². The minimum atomic E-state index is -0.292. The van der Waals surface area contributed by atoms with E-state index < -0.39 is 0 Å². The molecule has 0 aliphatic heterocycles. The van der Waals surface area contributed by atoms with E-state index in [9.17, 15) is 4.79 Å². The maximum atomic E-state index is 12.2. The molecule has 6 heteroatoms. The quantitative estimate of drug-likeness (QED) is 0.419. The number of ether oxygens (including phenoxy) is 2. The van der Waals surface area contributed by atoms with Gasteiger partial charge in [-0.15, -0.1) is 0 Å². The standard InChI is InChI=1S/C22H33BrN2O3/c1-22(2,3)25-20(26)15-28-21-17(18(23)10-11-19(21)27-4)14-24-13-12-16-8-6-5-7-9-16/h8,10-11,24H,5-7,9,12-15H2,1-4H3,(H,25,26). The number of nitrogens with one attached hydrogen (secondary N) is 2. The van der Waals surface area contributed by atoms with E-state index in [1.165, 1.54) is 25.7 Å². The van der Waals surface area contributed by atoms with Crippen LogP contribution in [-0.2, 0) is 11.3 Å². The van der Waals surface area contributed by atoms with Crippen molar-refractivity contribution in [2.45, 2.75) is 65.0 Å². The number of allylic oxidation sites excluding steroid dienone is 1. The van der Waals surface area contributed by atoms with E-state index in [-0.39, 0.29) is 18.1 Å². The maximum Gasteiger partial charge on any atom is 0.258 e. The van der Waals surface area contributed by atoms with Gasteiger partial charge >= 0.3 is 0 Å². The first kappa shape index (κ1) is 22.8. The van der Waals surface area contributed by atoms with E-state index in [0.717, 1.165) is 23.0 Å². The van der Waals surface area contributed by atoms with E-state index in [4.69, 9.17) is 9.47 Å². The number of amides is 1. The summed E-state index contributed by atoms with van der Waals surface area (Å²) in [6.45, 7) is 7.34. The van der Waals surface area contributed by atoms with Gasteiger partial charge in [0.1, 0.15) is 0 Å². The third-order valence-electron chi connectivity index (χ3n) is 4.56. The zero-order valence-electron chi connectivity index (χ0n) is 17.5. The SMILES string of the molecule is COc1ccc(Br)c(CNCCC2=CCCCC2)c1OCC(=O)NC(C)(C)C. The minimum absolute atomic E-state index is 0.0516. The molecule has 1 amide bonds. The zero-order chi connectivity index (χ0) is 20.6. The summed E-state index contributed by atoms with van der Waals surface area (Å²) in [4.78, 5) is 12.2. The fourth-order valence-electron chi connectivity index (χ4n) is 3.25. The second-order valence-corrected chi connectivity index (χ2v) is 9.03. The average Bonchev–Trinajstić information content (AvgIpc) is 2.64. The first-order chi connectivity index (χ1) is 13.3. The lowest BCUT2D eigenvalue weighted by molar-refractivity contribution is -0.124. The Kier molecular flexibility index (Phi) is 8.83. The van der Waals surface area contributed by atoms with Crippen molar-refractivity contribution in [1.29, 1.82) is 0 Å². The molecule has 0 fully saturated rings. The molecule has 0 radical (unpaired) electrons. The Morgan fingerprint density at radius 2 is 2.04 bits per heavy atom.